The molecule has 0 radical (unpaired) electrons. The highest BCUT2D eigenvalue weighted by atomic mass is 32.1. The van der Waals surface area contributed by atoms with Gasteiger partial charge in [0.05, 0.1) is 0 Å². The summed E-state index contributed by atoms with van der Waals surface area (Å²) in [5.74, 6) is 1.36. The van der Waals surface area contributed by atoms with Crippen molar-refractivity contribution in [1.82, 2.24) is 0 Å². The molecule has 0 N–H and O–H groups in total. The highest BCUT2D eigenvalue weighted by Crippen LogP contribution is 2.28. The zero-order chi connectivity index (χ0) is 12.4. The molecule has 4 heteroatoms. The fraction of sp³-hybridized carbons (Fsp3) is 0.462. The average molecular weight is 250 g/mol. The topological polar surface area (TPSA) is 23.6 Å². The van der Waals surface area contributed by atoms with E-state index in [0.717, 1.165) is 23.7 Å². The molecule has 1 aromatic carbocycles. The maximum atomic E-state index is 11.9. The van der Waals surface area contributed by atoms with Gasteiger partial charge < -0.3 is 9.80 Å². The van der Waals surface area contributed by atoms with Crippen LogP contribution in [0, 0.1) is 5.92 Å². The second kappa shape index (κ2) is 5.00. The number of anilines is 2. The van der Waals surface area contributed by atoms with Crippen LogP contribution in [-0.4, -0.2) is 32.3 Å². The minimum absolute atomic E-state index is 0.208. The van der Waals surface area contributed by atoms with Gasteiger partial charge in [-0.15, -0.1) is 0 Å². The van der Waals surface area contributed by atoms with E-state index in [0.29, 0.717) is 12.3 Å². The zero-order valence-corrected chi connectivity index (χ0v) is 11.2. The molecular formula is C13H18N2OS. The highest BCUT2D eigenvalue weighted by Gasteiger charge is 2.29. The number of amides is 1. The quantitative estimate of drug-likeness (QED) is 0.830. The molecule has 0 aliphatic carbocycles. The predicted octanol–water partition coefficient (Wildman–Crippen LogP) is 2.04. The third-order valence-electron chi connectivity index (χ3n) is 3.12. The molecular weight excluding hydrogens is 232 g/mol. The minimum atomic E-state index is 0.208. The van der Waals surface area contributed by atoms with Gasteiger partial charge >= 0.3 is 0 Å². The van der Waals surface area contributed by atoms with Crippen molar-refractivity contribution >= 4 is 29.9 Å². The van der Waals surface area contributed by atoms with Crippen molar-refractivity contribution < 1.29 is 4.79 Å². The molecule has 1 saturated heterocycles. The van der Waals surface area contributed by atoms with Crippen molar-refractivity contribution in [2.75, 3.05) is 36.2 Å². The van der Waals surface area contributed by atoms with Gasteiger partial charge in [0.2, 0.25) is 5.91 Å². The van der Waals surface area contributed by atoms with E-state index >= 15 is 0 Å². The van der Waals surface area contributed by atoms with Crippen LogP contribution in [0.1, 0.15) is 6.42 Å². The Balaban J connectivity index is 2.22. The van der Waals surface area contributed by atoms with Crippen LogP contribution < -0.4 is 9.80 Å². The van der Waals surface area contributed by atoms with Crippen LogP contribution in [0.15, 0.2) is 24.3 Å². The van der Waals surface area contributed by atoms with Gasteiger partial charge in [-0.1, -0.05) is 6.07 Å². The fourth-order valence-corrected chi connectivity index (χ4v) is 2.34. The van der Waals surface area contributed by atoms with Crippen LogP contribution in [0.5, 0.6) is 0 Å². The van der Waals surface area contributed by atoms with E-state index in [-0.39, 0.29) is 5.91 Å². The summed E-state index contributed by atoms with van der Waals surface area (Å²) in [4.78, 5) is 15.8. The van der Waals surface area contributed by atoms with Crippen LogP contribution in [0.3, 0.4) is 0 Å². The van der Waals surface area contributed by atoms with Gasteiger partial charge in [-0.2, -0.15) is 12.6 Å². The summed E-state index contributed by atoms with van der Waals surface area (Å²) in [7, 11) is 4.00. The summed E-state index contributed by atoms with van der Waals surface area (Å²) < 4.78 is 0. The molecule has 0 aromatic heterocycles. The highest BCUT2D eigenvalue weighted by molar-refractivity contribution is 7.80. The number of nitrogens with zero attached hydrogens (tertiary/aromatic N) is 2. The Morgan fingerprint density at radius 2 is 2.24 bits per heavy atom. The zero-order valence-electron chi connectivity index (χ0n) is 10.3. The first kappa shape index (κ1) is 12.3. The second-order valence-corrected chi connectivity index (χ2v) is 5.04. The lowest BCUT2D eigenvalue weighted by atomic mass is 10.1. The number of benzene rings is 1. The molecule has 0 spiro atoms. The molecule has 3 nitrogen and oxygen atoms in total. The largest absolute Gasteiger partial charge is 0.378 e. The fourth-order valence-electron chi connectivity index (χ4n) is 2.09. The van der Waals surface area contributed by atoms with Crippen molar-refractivity contribution in [3.8, 4) is 0 Å². The molecule has 0 bridgehead atoms. The molecule has 0 saturated carbocycles. The lowest BCUT2D eigenvalue weighted by Crippen LogP contribution is -2.24. The molecule has 1 fully saturated rings. The Morgan fingerprint density at radius 3 is 2.82 bits per heavy atom. The van der Waals surface area contributed by atoms with Gasteiger partial charge in [-0.25, -0.2) is 0 Å². The summed E-state index contributed by atoms with van der Waals surface area (Å²) in [6, 6.07) is 8.08. The Morgan fingerprint density at radius 1 is 1.47 bits per heavy atom. The van der Waals surface area contributed by atoms with Gasteiger partial charge in [0.25, 0.3) is 0 Å². The number of thiol groups is 1. The van der Waals surface area contributed by atoms with Crippen molar-refractivity contribution in [1.29, 1.82) is 0 Å². The Bertz CT molecular complexity index is 420. The van der Waals surface area contributed by atoms with E-state index in [1.54, 1.807) is 0 Å². The summed E-state index contributed by atoms with van der Waals surface area (Å²) >= 11 is 4.28. The lowest BCUT2D eigenvalue weighted by Gasteiger charge is -2.19. The molecule has 1 heterocycles. The third-order valence-corrected chi connectivity index (χ3v) is 3.64. The van der Waals surface area contributed by atoms with Crippen LogP contribution in [-0.2, 0) is 4.79 Å². The number of carbonyl (C=O) groups is 1. The van der Waals surface area contributed by atoms with E-state index in [2.05, 4.69) is 18.7 Å². The molecule has 1 aliphatic rings. The minimum Gasteiger partial charge on any atom is -0.378 e. The molecule has 1 amide bonds. The van der Waals surface area contributed by atoms with E-state index in [9.17, 15) is 4.79 Å². The SMILES string of the molecule is CN(C)c1cccc(N2CC(CS)CC2=O)c1. The molecule has 1 atom stereocenters. The summed E-state index contributed by atoms with van der Waals surface area (Å²) in [5.41, 5.74) is 2.11. The van der Waals surface area contributed by atoms with Crippen molar-refractivity contribution in [3.63, 3.8) is 0 Å². The van der Waals surface area contributed by atoms with Gasteiger partial charge in [0.1, 0.15) is 0 Å². The van der Waals surface area contributed by atoms with Gasteiger partial charge in [-0.05, 0) is 29.9 Å². The van der Waals surface area contributed by atoms with E-state index in [1.807, 2.05) is 42.1 Å². The van der Waals surface area contributed by atoms with Gasteiger partial charge in [0.15, 0.2) is 0 Å². The number of carbonyl (C=O) groups excluding carboxylic acids is 1. The standard InChI is InChI=1S/C13H18N2OS/c1-14(2)11-4-3-5-12(7-11)15-8-10(9-17)6-13(15)16/h3-5,7,10,17H,6,8-9H2,1-2H3. The smallest absolute Gasteiger partial charge is 0.227 e. The normalized spacial score (nSPS) is 19.8. The third kappa shape index (κ3) is 2.57. The molecule has 1 unspecified atom stereocenters. The summed E-state index contributed by atoms with van der Waals surface area (Å²) in [6.07, 6.45) is 0.621. The van der Waals surface area contributed by atoms with Crippen LogP contribution in [0.4, 0.5) is 11.4 Å². The maximum absolute atomic E-state index is 11.9. The molecule has 92 valence electrons. The Labute approximate surface area is 108 Å². The maximum Gasteiger partial charge on any atom is 0.227 e. The van der Waals surface area contributed by atoms with Crippen molar-refractivity contribution in [3.05, 3.63) is 24.3 Å². The average Bonchev–Trinajstić information content (AvgIpc) is 2.71. The Kier molecular flexibility index (Phi) is 3.62. The summed E-state index contributed by atoms with van der Waals surface area (Å²) in [5, 5.41) is 0. The molecule has 1 aliphatic heterocycles. The first-order valence-corrected chi connectivity index (χ1v) is 6.43. The first-order valence-electron chi connectivity index (χ1n) is 5.80. The number of hydrogen-bond acceptors (Lipinski definition) is 3. The monoisotopic (exact) mass is 250 g/mol. The van der Waals surface area contributed by atoms with E-state index in [1.165, 1.54) is 0 Å². The van der Waals surface area contributed by atoms with E-state index in [4.69, 9.17) is 0 Å². The van der Waals surface area contributed by atoms with Crippen LogP contribution in [0.2, 0.25) is 0 Å². The molecule has 2 rings (SSSR count). The number of rotatable bonds is 3. The summed E-state index contributed by atoms with van der Waals surface area (Å²) in [6.45, 7) is 0.791. The van der Waals surface area contributed by atoms with Crippen LogP contribution >= 0.6 is 12.6 Å². The molecule has 1 aromatic rings. The molecule has 17 heavy (non-hydrogen) atoms. The predicted molar refractivity (Wildman–Crippen MR) is 75.1 cm³/mol. The lowest BCUT2D eigenvalue weighted by molar-refractivity contribution is -0.117. The van der Waals surface area contributed by atoms with Gasteiger partial charge in [0, 0.05) is 38.4 Å². The van der Waals surface area contributed by atoms with Gasteiger partial charge in [-0.3, -0.25) is 4.79 Å². The second-order valence-electron chi connectivity index (χ2n) is 4.67. The van der Waals surface area contributed by atoms with Crippen molar-refractivity contribution in [2.45, 2.75) is 6.42 Å². The first-order chi connectivity index (χ1) is 8.11. The Hall–Kier alpha value is -1.16. The van der Waals surface area contributed by atoms with Crippen LogP contribution in [0.25, 0.3) is 0 Å². The number of hydrogen-bond donors (Lipinski definition) is 1. The van der Waals surface area contributed by atoms with Crippen molar-refractivity contribution in [2.24, 2.45) is 5.92 Å². The van der Waals surface area contributed by atoms with E-state index < -0.39 is 0 Å².